The molecule has 2 aromatic rings. The molecule has 0 amide bonds. The molecule has 9 nitrogen and oxygen atoms in total. The molecule has 0 radical (unpaired) electrons. The lowest BCUT2D eigenvalue weighted by Gasteiger charge is -2.30. The molecule has 29 heavy (non-hydrogen) atoms. The van der Waals surface area contributed by atoms with Crippen molar-refractivity contribution in [2.75, 3.05) is 24.7 Å². The molecule has 0 spiro atoms. The van der Waals surface area contributed by atoms with E-state index in [2.05, 4.69) is 20.9 Å². The third-order valence-corrected chi connectivity index (χ3v) is 6.51. The first kappa shape index (κ1) is 23.1. The normalized spacial score (nSPS) is 18.1. The highest BCUT2D eigenvalue weighted by atomic mass is 32.2. The lowest BCUT2D eigenvalue weighted by atomic mass is 10.1. The largest absolute Gasteiger partial charge is 0.412 e. The van der Waals surface area contributed by atoms with Crippen LogP contribution in [0.25, 0.3) is 11.0 Å². The van der Waals surface area contributed by atoms with Crippen molar-refractivity contribution in [1.82, 2.24) is 18.8 Å². The Morgan fingerprint density at radius 1 is 1.24 bits per heavy atom. The van der Waals surface area contributed by atoms with Crippen LogP contribution in [0.5, 0.6) is 0 Å². The molecule has 0 unspecified atom stereocenters. The molecule has 2 aliphatic rings. The van der Waals surface area contributed by atoms with Gasteiger partial charge in [-0.25, -0.2) is 4.98 Å². The standard InChI is InChI=1S/C19H24N6OS.2H2O.H2/c1-27-24-8-6-15(7-9-24)22-19-21-12-14-10-13(11-20)18(26)25(17(14)23-19)16-4-2-3-5-16;;;/h10,12,15-16H,2-9H2,1H3,(H,21,22,23);2*1H2;1H. The van der Waals surface area contributed by atoms with Gasteiger partial charge in [-0.3, -0.25) is 13.7 Å². The van der Waals surface area contributed by atoms with E-state index in [0.29, 0.717) is 17.6 Å². The fourth-order valence-corrected chi connectivity index (χ4v) is 4.71. The average molecular weight is 423 g/mol. The van der Waals surface area contributed by atoms with Gasteiger partial charge in [0.2, 0.25) is 5.95 Å². The van der Waals surface area contributed by atoms with Crippen molar-refractivity contribution in [3.63, 3.8) is 0 Å². The highest BCUT2D eigenvalue weighted by Crippen LogP contribution is 2.30. The molecule has 160 valence electrons. The molecule has 1 saturated carbocycles. The van der Waals surface area contributed by atoms with Gasteiger partial charge in [-0.1, -0.05) is 24.8 Å². The number of aromatic nitrogens is 3. The van der Waals surface area contributed by atoms with Crippen molar-refractivity contribution in [1.29, 1.82) is 5.26 Å². The Morgan fingerprint density at radius 3 is 2.55 bits per heavy atom. The molecule has 4 rings (SSSR count). The van der Waals surface area contributed by atoms with Crippen LogP contribution >= 0.6 is 11.9 Å². The van der Waals surface area contributed by atoms with E-state index in [4.69, 9.17) is 4.98 Å². The predicted octanol–water partition coefficient (Wildman–Crippen LogP) is 1.53. The molecular weight excluding hydrogens is 392 g/mol. The molecular formula is C19H30N6O3S. The maximum Gasteiger partial charge on any atom is 0.270 e. The summed E-state index contributed by atoms with van der Waals surface area (Å²) in [5.41, 5.74) is 0.586. The fourth-order valence-electron chi connectivity index (χ4n) is 4.14. The van der Waals surface area contributed by atoms with Crippen LogP contribution in [-0.4, -0.2) is 55.2 Å². The number of nitrogens with one attached hydrogen (secondary N) is 1. The summed E-state index contributed by atoms with van der Waals surface area (Å²) < 4.78 is 4.10. The van der Waals surface area contributed by atoms with Gasteiger partial charge in [0, 0.05) is 38.2 Å². The minimum Gasteiger partial charge on any atom is -0.412 e. The smallest absolute Gasteiger partial charge is 0.270 e. The van der Waals surface area contributed by atoms with Gasteiger partial charge in [0.05, 0.1) is 0 Å². The summed E-state index contributed by atoms with van der Waals surface area (Å²) in [5.74, 6) is 0.570. The van der Waals surface area contributed by atoms with Crippen LogP contribution in [0, 0.1) is 11.3 Å². The van der Waals surface area contributed by atoms with Crippen LogP contribution < -0.4 is 10.9 Å². The molecule has 3 heterocycles. The van der Waals surface area contributed by atoms with Crippen molar-refractivity contribution in [2.45, 2.75) is 50.6 Å². The van der Waals surface area contributed by atoms with E-state index < -0.39 is 0 Å². The summed E-state index contributed by atoms with van der Waals surface area (Å²) in [4.78, 5) is 22.0. The zero-order chi connectivity index (χ0) is 18.8. The highest BCUT2D eigenvalue weighted by molar-refractivity contribution is 7.96. The van der Waals surface area contributed by atoms with Crippen LogP contribution in [0.3, 0.4) is 0 Å². The topological polar surface area (TPSA) is 150 Å². The van der Waals surface area contributed by atoms with E-state index in [9.17, 15) is 10.1 Å². The summed E-state index contributed by atoms with van der Waals surface area (Å²) in [7, 11) is 0. The van der Waals surface area contributed by atoms with Crippen LogP contribution in [0.1, 0.15) is 51.6 Å². The summed E-state index contributed by atoms with van der Waals surface area (Å²) in [6.07, 6.45) is 10.1. The lowest BCUT2D eigenvalue weighted by Crippen LogP contribution is -2.36. The van der Waals surface area contributed by atoms with Crippen molar-refractivity contribution in [2.24, 2.45) is 0 Å². The van der Waals surface area contributed by atoms with Crippen LogP contribution in [-0.2, 0) is 0 Å². The quantitative estimate of drug-likeness (QED) is 0.734. The zero-order valence-corrected chi connectivity index (χ0v) is 17.3. The molecule has 1 aliphatic carbocycles. The maximum atomic E-state index is 12.8. The molecule has 0 bridgehead atoms. The fraction of sp³-hybridized carbons (Fsp3) is 0.579. The lowest BCUT2D eigenvalue weighted by molar-refractivity contribution is 0.358. The Kier molecular flexibility index (Phi) is 7.98. The van der Waals surface area contributed by atoms with E-state index in [-0.39, 0.29) is 29.5 Å². The minimum absolute atomic E-state index is 0. The van der Waals surface area contributed by atoms with Gasteiger partial charge in [0.15, 0.2) is 0 Å². The second kappa shape index (κ2) is 10.0. The van der Waals surface area contributed by atoms with Crippen LogP contribution in [0.15, 0.2) is 17.1 Å². The van der Waals surface area contributed by atoms with E-state index in [1.54, 1.807) is 28.8 Å². The first-order valence-electron chi connectivity index (χ1n) is 9.57. The van der Waals surface area contributed by atoms with Crippen molar-refractivity contribution < 1.29 is 12.4 Å². The number of pyridine rings is 1. The summed E-state index contributed by atoms with van der Waals surface area (Å²) in [6, 6.07) is 4.11. The Labute approximate surface area is 175 Å². The molecule has 10 heteroatoms. The molecule has 2 fully saturated rings. The van der Waals surface area contributed by atoms with E-state index in [1.165, 1.54) is 0 Å². The summed E-state index contributed by atoms with van der Waals surface area (Å²) in [6.45, 7) is 2.09. The average Bonchev–Trinajstić information content (AvgIpc) is 3.22. The SMILES string of the molecule is CSN1CCC(Nc2ncc3cc(C#N)c(=O)n(C4CCCC4)c3n2)CC1.O.O.[HH]. The van der Waals surface area contributed by atoms with E-state index in [1.807, 2.05) is 6.07 Å². The van der Waals surface area contributed by atoms with E-state index in [0.717, 1.165) is 57.0 Å². The number of hydrogen-bond acceptors (Lipinski definition) is 7. The van der Waals surface area contributed by atoms with Gasteiger partial charge in [-0.15, -0.1) is 0 Å². The number of nitrogens with zero attached hydrogens (tertiary/aromatic N) is 5. The minimum atomic E-state index is -0.227. The van der Waals surface area contributed by atoms with Crippen LogP contribution in [0.4, 0.5) is 5.95 Å². The highest BCUT2D eigenvalue weighted by Gasteiger charge is 2.23. The molecule has 5 N–H and O–H groups in total. The number of fused-ring (bicyclic) bond motifs is 1. The Morgan fingerprint density at radius 2 is 1.93 bits per heavy atom. The van der Waals surface area contributed by atoms with Crippen molar-refractivity contribution in [3.8, 4) is 6.07 Å². The maximum absolute atomic E-state index is 12.8. The molecule has 1 saturated heterocycles. The molecule has 1 aliphatic heterocycles. The van der Waals surface area contributed by atoms with Gasteiger partial charge < -0.3 is 16.3 Å². The number of hydrogen-bond donors (Lipinski definition) is 1. The number of rotatable bonds is 4. The van der Waals surface area contributed by atoms with Crippen molar-refractivity contribution >= 4 is 28.9 Å². The second-order valence-electron chi connectivity index (χ2n) is 7.29. The van der Waals surface area contributed by atoms with Gasteiger partial charge in [-0.2, -0.15) is 10.2 Å². The first-order chi connectivity index (χ1) is 13.2. The third kappa shape index (κ3) is 4.70. The number of anilines is 1. The predicted molar refractivity (Wildman–Crippen MR) is 117 cm³/mol. The monoisotopic (exact) mass is 422 g/mol. The third-order valence-electron chi connectivity index (χ3n) is 5.63. The van der Waals surface area contributed by atoms with Crippen LogP contribution in [0.2, 0.25) is 0 Å². The number of piperidine rings is 1. The van der Waals surface area contributed by atoms with Gasteiger partial charge in [0.1, 0.15) is 17.3 Å². The van der Waals surface area contributed by atoms with Crippen molar-refractivity contribution in [3.05, 3.63) is 28.2 Å². The number of nitriles is 1. The Bertz CT molecular complexity index is 936. The summed E-state index contributed by atoms with van der Waals surface area (Å²) in [5, 5.41) is 13.5. The Hall–Kier alpha value is -2.19. The molecule has 0 aromatic carbocycles. The molecule has 2 aromatic heterocycles. The zero-order valence-electron chi connectivity index (χ0n) is 16.5. The molecule has 0 atom stereocenters. The summed E-state index contributed by atoms with van der Waals surface area (Å²) >= 11 is 1.79. The van der Waals surface area contributed by atoms with Gasteiger partial charge in [0.25, 0.3) is 5.56 Å². The van der Waals surface area contributed by atoms with E-state index >= 15 is 0 Å². The Balaban J connectivity index is 0.00000150. The first-order valence-corrected chi connectivity index (χ1v) is 10.8. The van der Waals surface area contributed by atoms with Gasteiger partial charge in [-0.05, 0) is 38.0 Å². The van der Waals surface area contributed by atoms with Gasteiger partial charge >= 0.3 is 0 Å². The second-order valence-corrected chi connectivity index (χ2v) is 8.17.